The van der Waals surface area contributed by atoms with Gasteiger partial charge < -0.3 is 10.6 Å². The van der Waals surface area contributed by atoms with Gasteiger partial charge in [0.15, 0.2) is 0 Å². The second kappa shape index (κ2) is 6.19. The molecule has 1 fully saturated rings. The molecule has 18 heavy (non-hydrogen) atoms. The highest BCUT2D eigenvalue weighted by atomic mass is 15.2. The molecule has 3 heteroatoms. The van der Waals surface area contributed by atoms with Crippen molar-refractivity contribution in [3.63, 3.8) is 0 Å². The maximum atomic E-state index is 5.96. The summed E-state index contributed by atoms with van der Waals surface area (Å²) in [6, 6.07) is 4.58. The molecule has 0 amide bonds. The minimum Gasteiger partial charge on any atom is -0.357 e. The minimum absolute atomic E-state index is 0.258. The van der Waals surface area contributed by atoms with Gasteiger partial charge in [0.05, 0.1) is 0 Å². The molecular formula is C15H25N3. The van der Waals surface area contributed by atoms with E-state index in [-0.39, 0.29) is 6.04 Å². The number of hydrogen-bond acceptors (Lipinski definition) is 3. The van der Waals surface area contributed by atoms with Crippen LogP contribution in [0.1, 0.15) is 38.7 Å². The van der Waals surface area contributed by atoms with E-state index in [1.54, 1.807) is 0 Å². The van der Waals surface area contributed by atoms with Crippen LogP contribution < -0.4 is 10.6 Å². The van der Waals surface area contributed by atoms with Gasteiger partial charge in [-0.15, -0.1) is 0 Å². The molecule has 1 atom stereocenters. The van der Waals surface area contributed by atoms with Gasteiger partial charge in [-0.1, -0.05) is 19.9 Å². The summed E-state index contributed by atoms with van der Waals surface area (Å²) in [6.45, 7) is 6.74. The fraction of sp³-hybridized carbons (Fsp3) is 0.667. The highest BCUT2D eigenvalue weighted by molar-refractivity contribution is 5.39. The van der Waals surface area contributed by atoms with E-state index in [0.29, 0.717) is 0 Å². The van der Waals surface area contributed by atoms with Crippen LogP contribution in [0.5, 0.6) is 0 Å². The number of nitrogens with two attached hydrogens (primary N) is 1. The fourth-order valence-corrected chi connectivity index (χ4v) is 2.41. The molecule has 1 aromatic rings. The molecule has 2 rings (SSSR count). The molecule has 2 N–H and O–H groups in total. The SMILES string of the molecule is CCC(N)Cc1ccc(N2CCC(C)CC2)nc1. The largest absolute Gasteiger partial charge is 0.357 e. The Bertz CT molecular complexity index is 353. The molecule has 100 valence electrons. The zero-order valence-electron chi connectivity index (χ0n) is 11.6. The monoisotopic (exact) mass is 247 g/mol. The molecule has 2 heterocycles. The second-order valence-corrected chi connectivity index (χ2v) is 5.57. The molecule has 1 aromatic heterocycles. The number of anilines is 1. The average Bonchev–Trinajstić information content (AvgIpc) is 2.40. The van der Waals surface area contributed by atoms with Gasteiger partial charge in [-0.3, -0.25) is 0 Å². The van der Waals surface area contributed by atoms with Crippen LogP contribution in [0, 0.1) is 5.92 Å². The summed E-state index contributed by atoms with van der Waals surface area (Å²) in [7, 11) is 0. The van der Waals surface area contributed by atoms with Crippen LogP contribution in [-0.2, 0) is 6.42 Å². The van der Waals surface area contributed by atoms with Gasteiger partial charge in [-0.2, -0.15) is 0 Å². The van der Waals surface area contributed by atoms with Crippen LogP contribution in [0.15, 0.2) is 18.3 Å². The first kappa shape index (κ1) is 13.3. The molecule has 1 aliphatic heterocycles. The number of aromatic nitrogens is 1. The molecule has 0 saturated carbocycles. The lowest BCUT2D eigenvalue weighted by molar-refractivity contribution is 0.436. The number of rotatable bonds is 4. The number of nitrogens with zero attached hydrogens (tertiary/aromatic N) is 2. The quantitative estimate of drug-likeness (QED) is 0.889. The van der Waals surface area contributed by atoms with Crippen molar-refractivity contribution < 1.29 is 0 Å². The zero-order chi connectivity index (χ0) is 13.0. The third-order valence-corrected chi connectivity index (χ3v) is 3.94. The van der Waals surface area contributed by atoms with Crippen molar-refractivity contribution in [2.45, 2.75) is 45.6 Å². The first-order valence-electron chi connectivity index (χ1n) is 7.14. The first-order valence-corrected chi connectivity index (χ1v) is 7.14. The predicted molar refractivity (Wildman–Crippen MR) is 76.8 cm³/mol. The zero-order valence-corrected chi connectivity index (χ0v) is 11.6. The summed E-state index contributed by atoms with van der Waals surface area (Å²) in [6.07, 6.45) is 6.50. The lowest BCUT2D eigenvalue weighted by Crippen LogP contribution is -2.33. The fourth-order valence-electron chi connectivity index (χ4n) is 2.41. The Labute approximate surface area is 110 Å². The van der Waals surface area contributed by atoms with E-state index in [0.717, 1.165) is 37.7 Å². The highest BCUT2D eigenvalue weighted by Crippen LogP contribution is 2.21. The van der Waals surface area contributed by atoms with Crippen molar-refractivity contribution in [2.75, 3.05) is 18.0 Å². The van der Waals surface area contributed by atoms with Gasteiger partial charge in [0, 0.05) is 25.3 Å². The van der Waals surface area contributed by atoms with Crippen LogP contribution in [0.2, 0.25) is 0 Å². The summed E-state index contributed by atoms with van der Waals surface area (Å²) in [5.41, 5.74) is 7.21. The Hall–Kier alpha value is -1.09. The third kappa shape index (κ3) is 3.45. The smallest absolute Gasteiger partial charge is 0.128 e. The Morgan fingerprint density at radius 2 is 2.11 bits per heavy atom. The van der Waals surface area contributed by atoms with Crippen molar-refractivity contribution in [3.05, 3.63) is 23.9 Å². The first-order chi connectivity index (χ1) is 8.69. The molecule has 0 aromatic carbocycles. The Kier molecular flexibility index (Phi) is 4.59. The molecule has 0 radical (unpaired) electrons. The van der Waals surface area contributed by atoms with Crippen molar-refractivity contribution in [1.82, 2.24) is 4.98 Å². The van der Waals surface area contributed by atoms with Gasteiger partial charge in [0.25, 0.3) is 0 Å². The van der Waals surface area contributed by atoms with E-state index in [1.807, 2.05) is 6.20 Å². The molecular weight excluding hydrogens is 222 g/mol. The van der Waals surface area contributed by atoms with Gasteiger partial charge in [0.1, 0.15) is 5.82 Å². The van der Waals surface area contributed by atoms with E-state index in [1.165, 1.54) is 18.4 Å². The molecule has 1 aliphatic rings. The second-order valence-electron chi connectivity index (χ2n) is 5.57. The maximum Gasteiger partial charge on any atom is 0.128 e. The molecule has 0 bridgehead atoms. The van der Waals surface area contributed by atoms with E-state index in [9.17, 15) is 0 Å². The Balaban J connectivity index is 1.95. The Morgan fingerprint density at radius 1 is 1.39 bits per heavy atom. The number of pyridine rings is 1. The maximum absolute atomic E-state index is 5.96. The third-order valence-electron chi connectivity index (χ3n) is 3.94. The van der Waals surface area contributed by atoms with Crippen molar-refractivity contribution >= 4 is 5.82 Å². The van der Waals surface area contributed by atoms with Gasteiger partial charge in [-0.25, -0.2) is 4.98 Å². The van der Waals surface area contributed by atoms with Crippen LogP contribution in [0.25, 0.3) is 0 Å². The minimum atomic E-state index is 0.258. The normalized spacial score (nSPS) is 18.9. The van der Waals surface area contributed by atoms with E-state index >= 15 is 0 Å². The van der Waals surface area contributed by atoms with Crippen LogP contribution in [0.4, 0.5) is 5.82 Å². The summed E-state index contributed by atoms with van der Waals surface area (Å²) < 4.78 is 0. The summed E-state index contributed by atoms with van der Waals surface area (Å²) in [5.74, 6) is 1.98. The molecule has 1 unspecified atom stereocenters. The average molecular weight is 247 g/mol. The van der Waals surface area contributed by atoms with Crippen LogP contribution >= 0.6 is 0 Å². The topological polar surface area (TPSA) is 42.1 Å². The Morgan fingerprint density at radius 3 is 2.67 bits per heavy atom. The van der Waals surface area contributed by atoms with E-state index < -0.39 is 0 Å². The number of hydrogen-bond donors (Lipinski definition) is 1. The number of piperidine rings is 1. The van der Waals surface area contributed by atoms with Crippen molar-refractivity contribution in [1.29, 1.82) is 0 Å². The molecule has 1 saturated heterocycles. The molecule has 0 aliphatic carbocycles. The lowest BCUT2D eigenvalue weighted by atomic mass is 9.99. The van der Waals surface area contributed by atoms with Crippen LogP contribution in [0.3, 0.4) is 0 Å². The summed E-state index contributed by atoms with van der Waals surface area (Å²) >= 11 is 0. The molecule has 0 spiro atoms. The lowest BCUT2D eigenvalue weighted by Gasteiger charge is -2.31. The van der Waals surface area contributed by atoms with Gasteiger partial charge in [0.2, 0.25) is 0 Å². The van der Waals surface area contributed by atoms with E-state index in [2.05, 4.69) is 35.9 Å². The van der Waals surface area contributed by atoms with Crippen molar-refractivity contribution in [2.24, 2.45) is 11.7 Å². The summed E-state index contributed by atoms with van der Waals surface area (Å²) in [4.78, 5) is 6.98. The highest BCUT2D eigenvalue weighted by Gasteiger charge is 2.16. The van der Waals surface area contributed by atoms with Crippen LogP contribution in [-0.4, -0.2) is 24.1 Å². The standard InChI is InChI=1S/C15H25N3/c1-3-14(16)10-13-4-5-15(17-11-13)18-8-6-12(2)7-9-18/h4-5,11-12,14H,3,6-10,16H2,1-2H3. The van der Waals surface area contributed by atoms with Gasteiger partial charge in [-0.05, 0) is 43.2 Å². The van der Waals surface area contributed by atoms with Gasteiger partial charge >= 0.3 is 0 Å². The summed E-state index contributed by atoms with van der Waals surface area (Å²) in [5, 5.41) is 0. The van der Waals surface area contributed by atoms with Crippen molar-refractivity contribution in [3.8, 4) is 0 Å². The molecule has 3 nitrogen and oxygen atoms in total. The predicted octanol–water partition coefficient (Wildman–Crippen LogP) is 2.60. The van der Waals surface area contributed by atoms with E-state index in [4.69, 9.17) is 5.73 Å².